The summed E-state index contributed by atoms with van der Waals surface area (Å²) in [5.74, 6) is 0.440. The van der Waals surface area contributed by atoms with Crippen LogP contribution >= 0.6 is 0 Å². The van der Waals surface area contributed by atoms with E-state index in [1.54, 1.807) is 11.0 Å². The van der Waals surface area contributed by atoms with Crippen LogP contribution in [0.3, 0.4) is 0 Å². The Hall–Kier alpha value is -1.72. The largest absolute Gasteiger partial charge is 0.444 e. The predicted molar refractivity (Wildman–Crippen MR) is 89.8 cm³/mol. The molecule has 3 N–H and O–H groups in total. The zero-order chi connectivity index (χ0) is 16.8. The molecule has 0 radical (unpaired) electrons. The number of amides is 1. The summed E-state index contributed by atoms with van der Waals surface area (Å²) in [6.07, 6.45) is 3.29. The van der Waals surface area contributed by atoms with Crippen molar-refractivity contribution < 1.29 is 9.53 Å². The van der Waals surface area contributed by atoms with Gasteiger partial charge in [-0.1, -0.05) is 13.0 Å². The van der Waals surface area contributed by atoms with Crippen molar-refractivity contribution >= 4 is 12.1 Å². The summed E-state index contributed by atoms with van der Waals surface area (Å²) in [5.41, 5.74) is 5.40. The van der Waals surface area contributed by atoms with Crippen molar-refractivity contribution in [2.45, 2.75) is 46.1 Å². The number of rotatable bonds is 4. The van der Waals surface area contributed by atoms with Crippen molar-refractivity contribution in [2.24, 2.45) is 16.1 Å². The monoisotopic (exact) mass is 310 g/mol. The van der Waals surface area contributed by atoms with Gasteiger partial charge in [0.2, 0.25) is 0 Å². The van der Waals surface area contributed by atoms with Crippen LogP contribution in [-0.4, -0.2) is 48.7 Å². The van der Waals surface area contributed by atoms with E-state index in [2.05, 4.69) is 23.8 Å². The molecular formula is C16H30N4O2. The highest BCUT2D eigenvalue weighted by molar-refractivity contribution is 5.77. The molecule has 126 valence electrons. The first-order valence-corrected chi connectivity index (χ1v) is 7.78. The summed E-state index contributed by atoms with van der Waals surface area (Å²) in [7, 11) is 0. The van der Waals surface area contributed by atoms with E-state index in [0.717, 1.165) is 12.8 Å². The van der Waals surface area contributed by atoms with Crippen LogP contribution in [0.25, 0.3) is 0 Å². The molecule has 0 unspecified atom stereocenters. The smallest absolute Gasteiger partial charge is 0.410 e. The van der Waals surface area contributed by atoms with Crippen molar-refractivity contribution in [2.75, 3.05) is 26.2 Å². The van der Waals surface area contributed by atoms with Crippen LogP contribution in [0.4, 0.5) is 4.79 Å². The Balaban J connectivity index is 2.46. The Bertz CT molecular complexity index is 418. The molecule has 0 aromatic carbocycles. The van der Waals surface area contributed by atoms with Crippen molar-refractivity contribution in [3.8, 4) is 0 Å². The Kier molecular flexibility index (Phi) is 6.26. The number of hydrogen-bond acceptors (Lipinski definition) is 3. The van der Waals surface area contributed by atoms with Crippen LogP contribution in [0.5, 0.6) is 0 Å². The zero-order valence-corrected chi connectivity index (χ0v) is 14.3. The SMILES string of the molecule is C=CCNC(N)=NCC1(C)CCN(C(=O)OC(C)(C)C)CC1. The van der Waals surface area contributed by atoms with Gasteiger partial charge in [-0.15, -0.1) is 6.58 Å². The Labute approximate surface area is 133 Å². The summed E-state index contributed by atoms with van der Waals surface area (Å²) in [6, 6.07) is 0. The van der Waals surface area contributed by atoms with Crippen LogP contribution in [0.1, 0.15) is 40.5 Å². The number of carbonyl (C=O) groups is 1. The highest BCUT2D eigenvalue weighted by atomic mass is 16.6. The zero-order valence-electron chi connectivity index (χ0n) is 14.3. The fraction of sp³-hybridized carbons (Fsp3) is 0.750. The minimum Gasteiger partial charge on any atom is -0.444 e. The highest BCUT2D eigenvalue weighted by Crippen LogP contribution is 2.31. The summed E-state index contributed by atoms with van der Waals surface area (Å²) in [6.45, 7) is 14.1. The van der Waals surface area contributed by atoms with Crippen molar-refractivity contribution in [1.29, 1.82) is 0 Å². The molecule has 1 heterocycles. The molecule has 1 saturated heterocycles. The molecular weight excluding hydrogens is 280 g/mol. The quantitative estimate of drug-likeness (QED) is 0.473. The van der Waals surface area contributed by atoms with E-state index in [4.69, 9.17) is 10.5 Å². The Morgan fingerprint density at radius 3 is 2.55 bits per heavy atom. The number of nitrogens with two attached hydrogens (primary N) is 1. The van der Waals surface area contributed by atoms with Crippen molar-refractivity contribution in [1.82, 2.24) is 10.2 Å². The van der Waals surface area contributed by atoms with Crippen LogP contribution in [-0.2, 0) is 4.74 Å². The normalized spacial score (nSPS) is 18.7. The fourth-order valence-corrected chi connectivity index (χ4v) is 2.22. The number of piperidine rings is 1. The summed E-state index contributed by atoms with van der Waals surface area (Å²) in [5, 5.41) is 2.97. The summed E-state index contributed by atoms with van der Waals surface area (Å²) in [4.78, 5) is 18.2. The maximum Gasteiger partial charge on any atom is 0.410 e. The van der Waals surface area contributed by atoms with E-state index in [9.17, 15) is 4.79 Å². The molecule has 0 aromatic rings. The molecule has 1 rings (SSSR count). The maximum absolute atomic E-state index is 12.0. The number of guanidine groups is 1. The molecule has 0 atom stereocenters. The number of aliphatic imine (C=N–C) groups is 1. The van der Waals surface area contributed by atoms with E-state index in [-0.39, 0.29) is 11.5 Å². The van der Waals surface area contributed by atoms with Gasteiger partial charge in [0, 0.05) is 26.2 Å². The summed E-state index contributed by atoms with van der Waals surface area (Å²) < 4.78 is 5.41. The number of carbonyl (C=O) groups excluding carboxylic acids is 1. The number of nitrogens with zero attached hydrogens (tertiary/aromatic N) is 2. The molecule has 1 aliphatic heterocycles. The second kappa shape index (κ2) is 7.51. The molecule has 0 saturated carbocycles. The lowest BCUT2D eigenvalue weighted by atomic mass is 9.80. The van der Waals surface area contributed by atoms with Gasteiger partial charge in [0.05, 0.1) is 0 Å². The van der Waals surface area contributed by atoms with Crippen LogP contribution in [0.2, 0.25) is 0 Å². The number of nitrogens with one attached hydrogen (secondary N) is 1. The van der Waals surface area contributed by atoms with Crippen LogP contribution in [0.15, 0.2) is 17.6 Å². The number of ether oxygens (including phenoxy) is 1. The molecule has 0 aliphatic carbocycles. The minimum absolute atomic E-state index is 0.0684. The minimum atomic E-state index is -0.451. The number of hydrogen-bond donors (Lipinski definition) is 2. The standard InChI is InChI=1S/C16H30N4O2/c1-6-9-18-13(17)19-12-16(5)7-10-20(11-8-16)14(21)22-15(2,3)4/h6H,1,7-12H2,2-5H3,(H3,17,18,19). The van der Waals surface area contributed by atoms with Crippen molar-refractivity contribution in [3.05, 3.63) is 12.7 Å². The first-order chi connectivity index (χ1) is 10.2. The molecule has 0 aromatic heterocycles. The van der Waals surface area contributed by atoms with Gasteiger partial charge >= 0.3 is 6.09 Å². The molecule has 6 nitrogen and oxygen atoms in total. The van der Waals surface area contributed by atoms with Gasteiger partial charge < -0.3 is 20.7 Å². The number of likely N-dealkylation sites (tertiary alicyclic amines) is 1. The van der Waals surface area contributed by atoms with E-state index in [1.165, 1.54) is 0 Å². The van der Waals surface area contributed by atoms with E-state index in [0.29, 0.717) is 32.1 Å². The first kappa shape index (κ1) is 18.3. The van der Waals surface area contributed by atoms with Crippen LogP contribution < -0.4 is 11.1 Å². The first-order valence-electron chi connectivity index (χ1n) is 7.78. The van der Waals surface area contributed by atoms with Gasteiger partial charge in [-0.05, 0) is 39.0 Å². The predicted octanol–water partition coefficient (Wildman–Crippen LogP) is 2.11. The average molecular weight is 310 g/mol. The second-order valence-corrected chi connectivity index (χ2v) is 7.15. The van der Waals surface area contributed by atoms with Crippen molar-refractivity contribution in [3.63, 3.8) is 0 Å². The lowest BCUT2D eigenvalue weighted by Gasteiger charge is -2.38. The van der Waals surface area contributed by atoms with Gasteiger partial charge in [0.25, 0.3) is 0 Å². The molecule has 6 heteroatoms. The topological polar surface area (TPSA) is 80.0 Å². The molecule has 1 fully saturated rings. The van der Waals surface area contributed by atoms with Gasteiger partial charge in [-0.2, -0.15) is 0 Å². The molecule has 22 heavy (non-hydrogen) atoms. The summed E-state index contributed by atoms with van der Waals surface area (Å²) >= 11 is 0. The molecule has 1 amide bonds. The van der Waals surface area contributed by atoms with Gasteiger partial charge in [0.1, 0.15) is 5.60 Å². The van der Waals surface area contributed by atoms with E-state index >= 15 is 0 Å². The van der Waals surface area contributed by atoms with Gasteiger partial charge in [-0.3, -0.25) is 4.99 Å². The average Bonchev–Trinajstić information content (AvgIpc) is 2.42. The van der Waals surface area contributed by atoms with Gasteiger partial charge in [0.15, 0.2) is 5.96 Å². The fourth-order valence-electron chi connectivity index (χ4n) is 2.22. The lowest BCUT2D eigenvalue weighted by molar-refractivity contribution is 0.0127. The van der Waals surface area contributed by atoms with E-state index in [1.807, 2.05) is 20.8 Å². The third-order valence-electron chi connectivity index (χ3n) is 3.68. The molecule has 0 spiro atoms. The molecule has 1 aliphatic rings. The second-order valence-electron chi connectivity index (χ2n) is 7.15. The Morgan fingerprint density at radius 1 is 1.45 bits per heavy atom. The maximum atomic E-state index is 12.0. The third kappa shape index (κ3) is 6.37. The third-order valence-corrected chi connectivity index (χ3v) is 3.68. The van der Waals surface area contributed by atoms with E-state index < -0.39 is 5.60 Å². The van der Waals surface area contributed by atoms with Gasteiger partial charge in [-0.25, -0.2) is 4.79 Å². The van der Waals surface area contributed by atoms with Crippen LogP contribution in [0, 0.1) is 5.41 Å². The molecule has 0 bridgehead atoms. The Morgan fingerprint density at radius 2 is 2.05 bits per heavy atom. The highest BCUT2D eigenvalue weighted by Gasteiger charge is 2.33. The lowest BCUT2D eigenvalue weighted by Crippen LogP contribution is -2.45.